The van der Waals surface area contributed by atoms with Crippen LogP contribution in [0.5, 0.6) is 5.75 Å². The minimum atomic E-state index is 0.242. The minimum absolute atomic E-state index is 0.242. The molecule has 0 spiro atoms. The Balaban J connectivity index is 1.47. The van der Waals surface area contributed by atoms with E-state index in [1.807, 2.05) is 16.8 Å². The second kappa shape index (κ2) is 10.4. The average molecular weight is 421 g/mol. The lowest BCUT2D eigenvalue weighted by molar-refractivity contribution is 0.163. The van der Waals surface area contributed by atoms with Crippen molar-refractivity contribution in [2.24, 2.45) is 0 Å². The number of methoxy groups -OCH3 is 1. The first-order valence-electron chi connectivity index (χ1n) is 11.2. The van der Waals surface area contributed by atoms with Gasteiger partial charge < -0.3 is 9.64 Å². The van der Waals surface area contributed by atoms with Crippen molar-refractivity contribution in [3.05, 3.63) is 66.0 Å². The Bertz CT molecular complexity index is 919. The quantitative estimate of drug-likeness (QED) is 0.525. The van der Waals surface area contributed by atoms with E-state index >= 15 is 0 Å². The molecule has 2 aromatic carbocycles. The van der Waals surface area contributed by atoms with Crippen molar-refractivity contribution in [3.8, 4) is 5.75 Å². The minimum Gasteiger partial charge on any atom is -0.497 e. The lowest BCUT2D eigenvalue weighted by Crippen LogP contribution is -2.48. The lowest BCUT2D eigenvalue weighted by Gasteiger charge is -2.39. The van der Waals surface area contributed by atoms with E-state index in [9.17, 15) is 0 Å². The van der Waals surface area contributed by atoms with Gasteiger partial charge in [-0.15, -0.1) is 5.10 Å². The number of unbranched alkanes of at least 4 members (excludes halogenated alkanes) is 1. The fourth-order valence-corrected chi connectivity index (χ4v) is 4.27. The molecule has 1 aliphatic heterocycles. The molecule has 164 valence electrons. The van der Waals surface area contributed by atoms with Gasteiger partial charge in [-0.1, -0.05) is 50.1 Å². The van der Waals surface area contributed by atoms with E-state index in [-0.39, 0.29) is 6.04 Å². The monoisotopic (exact) mass is 420 g/mol. The number of nitrogens with zero attached hydrogens (tertiary/aromatic N) is 6. The van der Waals surface area contributed by atoms with Crippen LogP contribution in [0.1, 0.15) is 43.6 Å². The first-order valence-corrected chi connectivity index (χ1v) is 11.2. The molecule has 1 aliphatic rings. The second-order valence-electron chi connectivity index (χ2n) is 8.06. The number of hydrogen-bond donors (Lipinski definition) is 0. The Morgan fingerprint density at radius 2 is 1.71 bits per heavy atom. The van der Waals surface area contributed by atoms with Crippen LogP contribution in [0.25, 0.3) is 0 Å². The highest BCUT2D eigenvalue weighted by Gasteiger charge is 2.28. The molecule has 0 amide bonds. The van der Waals surface area contributed by atoms with Crippen molar-refractivity contribution in [1.82, 2.24) is 25.1 Å². The molecular weight excluding hydrogens is 388 g/mol. The zero-order valence-electron chi connectivity index (χ0n) is 18.5. The Morgan fingerprint density at radius 1 is 0.968 bits per heavy atom. The van der Waals surface area contributed by atoms with Gasteiger partial charge in [0.15, 0.2) is 5.82 Å². The number of aromatic nitrogens is 4. The van der Waals surface area contributed by atoms with Crippen LogP contribution < -0.4 is 9.64 Å². The molecule has 3 aromatic rings. The molecule has 0 aliphatic carbocycles. The fraction of sp³-hybridized carbons (Fsp3) is 0.458. The highest BCUT2D eigenvalue weighted by molar-refractivity contribution is 5.46. The molecule has 1 unspecified atom stereocenters. The topological polar surface area (TPSA) is 59.3 Å². The maximum atomic E-state index is 5.27. The van der Waals surface area contributed by atoms with Gasteiger partial charge in [-0.25, -0.2) is 4.68 Å². The zero-order chi connectivity index (χ0) is 21.5. The predicted octanol–water partition coefficient (Wildman–Crippen LogP) is 3.78. The van der Waals surface area contributed by atoms with Crippen LogP contribution in [0.2, 0.25) is 0 Å². The van der Waals surface area contributed by atoms with Gasteiger partial charge in [0.1, 0.15) is 5.75 Å². The average Bonchev–Trinajstić information content (AvgIpc) is 3.28. The molecular formula is C24H32N6O. The summed E-state index contributed by atoms with van der Waals surface area (Å²) in [5.41, 5.74) is 2.47. The summed E-state index contributed by atoms with van der Waals surface area (Å²) in [4.78, 5) is 5.03. The summed E-state index contributed by atoms with van der Waals surface area (Å²) in [6, 6.07) is 19.0. The van der Waals surface area contributed by atoms with Gasteiger partial charge in [0.05, 0.1) is 19.7 Å². The van der Waals surface area contributed by atoms with Crippen LogP contribution in [-0.4, -0.2) is 58.4 Å². The van der Waals surface area contributed by atoms with Gasteiger partial charge >= 0.3 is 0 Å². The van der Waals surface area contributed by atoms with Crippen LogP contribution in [-0.2, 0) is 6.54 Å². The van der Waals surface area contributed by atoms with E-state index in [0.29, 0.717) is 6.54 Å². The normalized spacial score (nSPS) is 15.7. The van der Waals surface area contributed by atoms with Gasteiger partial charge in [0.2, 0.25) is 0 Å². The smallest absolute Gasteiger partial charge is 0.168 e. The number of hydrogen-bond acceptors (Lipinski definition) is 6. The number of rotatable bonds is 9. The first-order chi connectivity index (χ1) is 15.3. The summed E-state index contributed by atoms with van der Waals surface area (Å²) in [5, 5.41) is 12.8. The van der Waals surface area contributed by atoms with E-state index in [2.05, 4.69) is 74.7 Å². The van der Waals surface area contributed by atoms with E-state index in [1.165, 1.54) is 18.5 Å². The molecule has 1 atom stereocenters. The van der Waals surface area contributed by atoms with Gasteiger partial charge in [-0.05, 0) is 46.7 Å². The van der Waals surface area contributed by atoms with E-state index in [1.54, 1.807) is 7.11 Å². The van der Waals surface area contributed by atoms with Crippen LogP contribution >= 0.6 is 0 Å². The third-order valence-corrected chi connectivity index (χ3v) is 6.06. The highest BCUT2D eigenvalue weighted by atomic mass is 16.5. The van der Waals surface area contributed by atoms with Crippen molar-refractivity contribution in [2.75, 3.05) is 38.2 Å². The number of para-hydroxylation sites is 1. The van der Waals surface area contributed by atoms with E-state index < -0.39 is 0 Å². The molecule has 4 rings (SSSR count). The Labute approximate surface area is 184 Å². The van der Waals surface area contributed by atoms with Crippen LogP contribution in [0.15, 0.2) is 54.6 Å². The SMILES string of the molecule is CCCCC(c1nnnn1Cc1ccc(OC)cc1)N1CCN(c2ccccc2)CC1. The van der Waals surface area contributed by atoms with E-state index in [0.717, 1.165) is 49.7 Å². The molecule has 1 aromatic heterocycles. The van der Waals surface area contributed by atoms with Crippen LogP contribution in [0.3, 0.4) is 0 Å². The largest absolute Gasteiger partial charge is 0.497 e. The molecule has 31 heavy (non-hydrogen) atoms. The number of tetrazole rings is 1. The molecule has 7 nitrogen and oxygen atoms in total. The van der Waals surface area contributed by atoms with Gasteiger partial charge in [-0.3, -0.25) is 4.90 Å². The molecule has 0 saturated carbocycles. The summed E-state index contributed by atoms with van der Waals surface area (Å²) in [6.07, 6.45) is 3.41. The van der Waals surface area contributed by atoms with E-state index in [4.69, 9.17) is 4.74 Å². The third kappa shape index (κ3) is 5.22. The third-order valence-electron chi connectivity index (χ3n) is 6.06. The first kappa shape index (κ1) is 21.3. The van der Waals surface area contributed by atoms with Crippen molar-refractivity contribution in [1.29, 1.82) is 0 Å². The van der Waals surface area contributed by atoms with Crippen molar-refractivity contribution in [2.45, 2.75) is 38.8 Å². The number of benzene rings is 2. The molecule has 7 heteroatoms. The number of ether oxygens (including phenoxy) is 1. The molecule has 1 fully saturated rings. The maximum absolute atomic E-state index is 5.27. The fourth-order valence-electron chi connectivity index (χ4n) is 4.27. The lowest BCUT2D eigenvalue weighted by atomic mass is 10.1. The summed E-state index contributed by atoms with van der Waals surface area (Å²) in [6.45, 7) is 6.97. The van der Waals surface area contributed by atoms with Gasteiger partial charge in [0, 0.05) is 31.9 Å². The summed E-state index contributed by atoms with van der Waals surface area (Å²) in [7, 11) is 1.68. The predicted molar refractivity (Wildman–Crippen MR) is 122 cm³/mol. The highest BCUT2D eigenvalue weighted by Crippen LogP contribution is 2.27. The number of anilines is 1. The maximum Gasteiger partial charge on any atom is 0.168 e. The number of piperazine rings is 1. The molecule has 0 radical (unpaired) electrons. The van der Waals surface area contributed by atoms with Crippen LogP contribution in [0, 0.1) is 0 Å². The standard InChI is InChI=1S/C24H32N6O/c1-3-4-10-23(29-17-15-28(16-18-29)21-8-6-5-7-9-21)24-25-26-27-30(24)19-20-11-13-22(31-2)14-12-20/h5-9,11-14,23H,3-4,10,15-19H2,1-2H3. The summed E-state index contributed by atoms with van der Waals surface area (Å²) >= 11 is 0. The molecule has 2 heterocycles. The second-order valence-corrected chi connectivity index (χ2v) is 8.06. The zero-order valence-corrected chi connectivity index (χ0v) is 18.5. The van der Waals surface area contributed by atoms with Gasteiger partial charge in [-0.2, -0.15) is 0 Å². The van der Waals surface area contributed by atoms with Crippen LogP contribution in [0.4, 0.5) is 5.69 Å². The Hall–Kier alpha value is -2.93. The summed E-state index contributed by atoms with van der Waals surface area (Å²) < 4.78 is 7.24. The Kier molecular flexibility index (Phi) is 7.14. The van der Waals surface area contributed by atoms with Gasteiger partial charge in [0.25, 0.3) is 0 Å². The van der Waals surface area contributed by atoms with Crippen molar-refractivity contribution < 1.29 is 4.74 Å². The molecule has 1 saturated heterocycles. The molecule has 0 bridgehead atoms. The summed E-state index contributed by atoms with van der Waals surface area (Å²) in [5.74, 6) is 1.83. The van der Waals surface area contributed by atoms with Crippen molar-refractivity contribution >= 4 is 5.69 Å². The molecule has 0 N–H and O–H groups in total. The Morgan fingerprint density at radius 3 is 2.39 bits per heavy atom. The van der Waals surface area contributed by atoms with Crippen molar-refractivity contribution in [3.63, 3.8) is 0 Å².